The van der Waals surface area contributed by atoms with E-state index in [0.717, 1.165) is 0 Å². The molecule has 0 aromatic rings. The van der Waals surface area contributed by atoms with Crippen LogP contribution < -0.4 is 0 Å². The molecular weight excluding hydrogens is 120 g/mol. The highest BCUT2D eigenvalue weighted by atomic mass is 16.6. The number of aliphatic hydroxyl groups is 2. The lowest BCUT2D eigenvalue weighted by atomic mass is 10.1. The number of aliphatic hydroxyl groups excluding tert-OH is 2. The van der Waals surface area contributed by atoms with E-state index in [1.165, 1.54) is 6.08 Å². The molecule has 0 aliphatic carbocycles. The summed E-state index contributed by atoms with van der Waals surface area (Å²) in [6.45, 7) is 3.87. The van der Waals surface area contributed by atoms with Gasteiger partial charge in [-0.1, -0.05) is 6.08 Å². The molecule has 0 bridgehead atoms. The average molecular weight is 130 g/mol. The second-order valence-electron chi connectivity index (χ2n) is 2.09. The zero-order valence-electron chi connectivity index (χ0n) is 5.03. The minimum atomic E-state index is -0.850. The number of hydrogen-bond acceptors (Lipinski definition) is 3. The Hall–Kier alpha value is -0.380. The summed E-state index contributed by atoms with van der Waals surface area (Å²) in [7, 11) is 0. The topological polar surface area (TPSA) is 53.0 Å². The van der Waals surface area contributed by atoms with Gasteiger partial charge in [-0.2, -0.15) is 0 Å². The molecule has 1 rings (SSSR count). The first-order valence-corrected chi connectivity index (χ1v) is 2.86. The molecule has 0 spiro atoms. The first kappa shape index (κ1) is 6.74. The molecule has 1 aliphatic heterocycles. The van der Waals surface area contributed by atoms with Gasteiger partial charge in [0.15, 0.2) is 0 Å². The fraction of sp³-hybridized carbons (Fsp3) is 0.667. The summed E-state index contributed by atoms with van der Waals surface area (Å²) in [5, 5.41) is 17.9. The van der Waals surface area contributed by atoms with Crippen LogP contribution in [0.1, 0.15) is 0 Å². The van der Waals surface area contributed by atoms with Crippen LogP contribution in [0.4, 0.5) is 0 Å². The molecule has 1 aliphatic rings. The van der Waals surface area contributed by atoms with Crippen molar-refractivity contribution in [3.05, 3.63) is 12.7 Å². The quantitative estimate of drug-likeness (QED) is 0.392. The van der Waals surface area contributed by atoms with Gasteiger partial charge in [0.2, 0.25) is 0 Å². The molecular formula is C6H10O3. The van der Waals surface area contributed by atoms with Crippen LogP contribution in [0.2, 0.25) is 0 Å². The van der Waals surface area contributed by atoms with Crippen molar-refractivity contribution in [3.63, 3.8) is 0 Å². The maximum absolute atomic E-state index is 9.01. The lowest BCUT2D eigenvalue weighted by Crippen LogP contribution is -2.28. The molecule has 1 saturated heterocycles. The summed E-state index contributed by atoms with van der Waals surface area (Å²) in [4.78, 5) is 0. The van der Waals surface area contributed by atoms with E-state index in [-0.39, 0.29) is 6.10 Å². The second kappa shape index (κ2) is 2.47. The van der Waals surface area contributed by atoms with Crippen LogP contribution >= 0.6 is 0 Å². The van der Waals surface area contributed by atoms with Gasteiger partial charge in [0.1, 0.15) is 18.3 Å². The molecule has 52 valence electrons. The second-order valence-corrected chi connectivity index (χ2v) is 2.09. The van der Waals surface area contributed by atoms with Gasteiger partial charge >= 0.3 is 0 Å². The van der Waals surface area contributed by atoms with E-state index < -0.39 is 12.2 Å². The van der Waals surface area contributed by atoms with Crippen molar-refractivity contribution in [1.29, 1.82) is 0 Å². The Balaban J connectivity index is 2.30. The Morgan fingerprint density at radius 2 is 2.22 bits per heavy atom. The van der Waals surface area contributed by atoms with Crippen LogP contribution in [0.5, 0.6) is 0 Å². The standard InChI is InChI=1S/C6H10O3/c1-2-4(7)6(8)5-3-9-5/h2,4-8H,1,3H2/t4-,5-,6-/m1/s1. The van der Waals surface area contributed by atoms with Gasteiger partial charge in [-0.25, -0.2) is 0 Å². The van der Waals surface area contributed by atoms with E-state index >= 15 is 0 Å². The van der Waals surface area contributed by atoms with Crippen molar-refractivity contribution >= 4 is 0 Å². The molecule has 3 atom stereocenters. The summed E-state index contributed by atoms with van der Waals surface area (Å²) in [5.41, 5.74) is 0. The lowest BCUT2D eigenvalue weighted by molar-refractivity contribution is 0.0296. The largest absolute Gasteiger partial charge is 0.387 e. The van der Waals surface area contributed by atoms with Crippen molar-refractivity contribution < 1.29 is 14.9 Å². The van der Waals surface area contributed by atoms with Crippen molar-refractivity contribution in [2.45, 2.75) is 18.3 Å². The van der Waals surface area contributed by atoms with Crippen molar-refractivity contribution in [3.8, 4) is 0 Å². The van der Waals surface area contributed by atoms with Crippen LogP contribution in [0, 0.1) is 0 Å². The predicted octanol–water partition coefficient (Wildman–Crippen LogP) is -0.707. The zero-order valence-corrected chi connectivity index (χ0v) is 5.03. The Morgan fingerprint density at radius 1 is 1.67 bits per heavy atom. The van der Waals surface area contributed by atoms with Crippen LogP contribution in [-0.2, 0) is 4.74 Å². The molecule has 0 aromatic heterocycles. The van der Waals surface area contributed by atoms with E-state index in [9.17, 15) is 0 Å². The van der Waals surface area contributed by atoms with E-state index in [0.29, 0.717) is 6.61 Å². The minimum absolute atomic E-state index is 0.169. The molecule has 0 unspecified atom stereocenters. The number of epoxide rings is 1. The van der Waals surface area contributed by atoms with Crippen molar-refractivity contribution in [2.24, 2.45) is 0 Å². The Kier molecular flexibility index (Phi) is 1.85. The van der Waals surface area contributed by atoms with Gasteiger partial charge < -0.3 is 14.9 Å². The molecule has 0 saturated carbocycles. The highest BCUT2D eigenvalue weighted by molar-refractivity contribution is 4.92. The maximum Gasteiger partial charge on any atom is 0.112 e. The molecule has 0 aromatic carbocycles. The van der Waals surface area contributed by atoms with Crippen LogP contribution in [-0.4, -0.2) is 35.1 Å². The Morgan fingerprint density at radius 3 is 2.56 bits per heavy atom. The third kappa shape index (κ3) is 1.51. The van der Waals surface area contributed by atoms with Crippen LogP contribution in [0.3, 0.4) is 0 Å². The average Bonchev–Trinajstić information content (AvgIpc) is 2.66. The molecule has 3 nitrogen and oxygen atoms in total. The molecule has 2 N–H and O–H groups in total. The SMILES string of the molecule is C=C[C@@H](O)[C@@H](O)[C@H]1CO1. The minimum Gasteiger partial charge on any atom is -0.387 e. The first-order valence-electron chi connectivity index (χ1n) is 2.86. The Bertz CT molecular complexity index is 109. The summed E-state index contributed by atoms with van der Waals surface area (Å²) >= 11 is 0. The fourth-order valence-electron chi connectivity index (χ4n) is 0.612. The molecule has 9 heavy (non-hydrogen) atoms. The van der Waals surface area contributed by atoms with Crippen molar-refractivity contribution in [1.82, 2.24) is 0 Å². The van der Waals surface area contributed by atoms with E-state index in [4.69, 9.17) is 14.9 Å². The molecule has 0 amide bonds. The predicted molar refractivity (Wildman–Crippen MR) is 32.0 cm³/mol. The molecule has 1 fully saturated rings. The molecule has 0 radical (unpaired) electrons. The van der Waals surface area contributed by atoms with Gasteiger partial charge in [0, 0.05) is 0 Å². The van der Waals surface area contributed by atoms with E-state index in [1.54, 1.807) is 0 Å². The number of rotatable bonds is 3. The lowest BCUT2D eigenvalue weighted by Gasteiger charge is -2.09. The van der Waals surface area contributed by atoms with Crippen LogP contribution in [0.15, 0.2) is 12.7 Å². The normalized spacial score (nSPS) is 31.1. The smallest absolute Gasteiger partial charge is 0.112 e. The highest BCUT2D eigenvalue weighted by Gasteiger charge is 2.34. The monoisotopic (exact) mass is 130 g/mol. The van der Waals surface area contributed by atoms with Crippen LogP contribution in [0.25, 0.3) is 0 Å². The highest BCUT2D eigenvalue weighted by Crippen LogP contribution is 2.16. The third-order valence-corrected chi connectivity index (χ3v) is 1.33. The maximum atomic E-state index is 9.01. The van der Waals surface area contributed by atoms with Gasteiger partial charge in [-0.15, -0.1) is 6.58 Å². The van der Waals surface area contributed by atoms with E-state index in [2.05, 4.69) is 6.58 Å². The van der Waals surface area contributed by atoms with Gasteiger partial charge in [-0.05, 0) is 0 Å². The van der Waals surface area contributed by atoms with Gasteiger partial charge in [0.05, 0.1) is 6.61 Å². The number of ether oxygens (including phenoxy) is 1. The Labute approximate surface area is 53.6 Å². The molecule has 1 heterocycles. The zero-order chi connectivity index (χ0) is 6.85. The van der Waals surface area contributed by atoms with Gasteiger partial charge in [0.25, 0.3) is 0 Å². The summed E-state index contributed by atoms with van der Waals surface area (Å²) < 4.78 is 4.74. The number of hydrogen-bond donors (Lipinski definition) is 2. The fourth-order valence-corrected chi connectivity index (χ4v) is 0.612. The summed E-state index contributed by atoms with van der Waals surface area (Å²) in [6.07, 6.45) is -0.509. The van der Waals surface area contributed by atoms with Gasteiger partial charge in [-0.3, -0.25) is 0 Å². The van der Waals surface area contributed by atoms with Crippen molar-refractivity contribution in [2.75, 3.05) is 6.61 Å². The first-order chi connectivity index (χ1) is 4.25. The van der Waals surface area contributed by atoms with E-state index in [1.807, 2.05) is 0 Å². The summed E-state index contributed by atoms with van der Waals surface area (Å²) in [5.74, 6) is 0. The molecule has 3 heteroatoms. The third-order valence-electron chi connectivity index (χ3n) is 1.33. The summed E-state index contributed by atoms with van der Waals surface area (Å²) in [6, 6.07) is 0.